The Labute approximate surface area is 286 Å². The number of thioether (sulfide) groups is 1. The van der Waals surface area contributed by atoms with E-state index in [0.717, 1.165) is 49.5 Å². The van der Waals surface area contributed by atoms with E-state index in [2.05, 4.69) is 4.90 Å². The van der Waals surface area contributed by atoms with Gasteiger partial charge < -0.3 is 24.1 Å². The van der Waals surface area contributed by atoms with E-state index in [1.54, 1.807) is 17.0 Å². The number of hydrogen-bond donors (Lipinski definition) is 1. The van der Waals surface area contributed by atoms with Gasteiger partial charge in [0.2, 0.25) is 0 Å². The number of ether oxygens (including phenoxy) is 4. The molecule has 0 radical (unpaired) electrons. The van der Waals surface area contributed by atoms with Crippen LogP contribution in [-0.4, -0.2) is 90.8 Å². The number of nitrogens with zero attached hydrogens (tertiary/aromatic N) is 2. The van der Waals surface area contributed by atoms with Crippen LogP contribution >= 0.6 is 47.2 Å². The number of amides is 1. The lowest BCUT2D eigenvalue weighted by Crippen LogP contribution is -2.38. The Kier molecular flexibility index (Phi) is 11.8. The molecule has 0 spiro atoms. The summed E-state index contributed by atoms with van der Waals surface area (Å²) < 4.78 is 23.2. The molecule has 0 aromatic heterocycles. The Bertz CT molecular complexity index is 1650. The number of hydrogen-bond acceptors (Lipinski definition) is 9. The van der Waals surface area contributed by atoms with Crippen LogP contribution in [0.4, 0.5) is 0 Å². The van der Waals surface area contributed by atoms with Gasteiger partial charge in [-0.2, -0.15) is 0 Å². The van der Waals surface area contributed by atoms with Crippen molar-refractivity contribution in [2.45, 2.75) is 6.42 Å². The molecule has 2 aliphatic heterocycles. The summed E-state index contributed by atoms with van der Waals surface area (Å²) >= 11 is 19.8. The van der Waals surface area contributed by atoms with Crippen LogP contribution in [0.5, 0.6) is 17.2 Å². The number of halogens is 2. The molecule has 2 aliphatic rings. The largest absolute Gasteiger partial charge is 0.493 e. The minimum absolute atomic E-state index is 0.0993. The van der Waals surface area contributed by atoms with E-state index in [-0.39, 0.29) is 18.1 Å². The number of morpholine rings is 1. The number of benzene rings is 3. The van der Waals surface area contributed by atoms with Crippen molar-refractivity contribution in [3.63, 3.8) is 0 Å². The molecule has 2 heterocycles. The summed E-state index contributed by atoms with van der Waals surface area (Å²) in [5, 5.41) is 10.0. The van der Waals surface area contributed by atoms with Gasteiger partial charge in [0.25, 0.3) is 5.91 Å². The highest BCUT2D eigenvalue weighted by molar-refractivity contribution is 8.26. The number of methoxy groups -OCH3 is 1. The van der Waals surface area contributed by atoms with Gasteiger partial charge in [0, 0.05) is 37.3 Å². The summed E-state index contributed by atoms with van der Waals surface area (Å²) in [6.07, 6.45) is 2.31. The summed E-state index contributed by atoms with van der Waals surface area (Å²) in [6.45, 7) is 5.08. The SMILES string of the molecule is COc1cc(C(=O)O)ccc1OCCCN1C(=O)/C(=C/c2ccc(OCCN3CCOCC3)c(-c3cccc(Cl)c3Cl)c2)SC1=S. The Hall–Kier alpha value is -3.32. The number of carboxylic acids is 1. The summed E-state index contributed by atoms with van der Waals surface area (Å²) in [7, 11) is 1.44. The predicted molar refractivity (Wildman–Crippen MR) is 185 cm³/mol. The highest BCUT2D eigenvalue weighted by Gasteiger charge is 2.31. The second kappa shape index (κ2) is 16.0. The Morgan fingerprint density at radius 2 is 1.76 bits per heavy atom. The minimum atomic E-state index is -1.06. The molecular weight excluding hydrogens is 671 g/mol. The van der Waals surface area contributed by atoms with Crippen molar-refractivity contribution < 1.29 is 33.6 Å². The number of rotatable bonds is 13. The Morgan fingerprint density at radius 1 is 1.00 bits per heavy atom. The van der Waals surface area contributed by atoms with Crippen LogP contribution in [0.25, 0.3) is 17.2 Å². The lowest BCUT2D eigenvalue weighted by atomic mass is 10.0. The Morgan fingerprint density at radius 3 is 2.52 bits per heavy atom. The highest BCUT2D eigenvalue weighted by atomic mass is 35.5. The average Bonchev–Trinajstić information content (AvgIpc) is 3.32. The topological polar surface area (TPSA) is 97.8 Å². The zero-order chi connectivity index (χ0) is 32.6. The smallest absolute Gasteiger partial charge is 0.335 e. The Balaban J connectivity index is 1.26. The monoisotopic (exact) mass is 702 g/mol. The number of carboxylic acid groups (broad SMARTS) is 1. The normalized spacial score (nSPS) is 16.2. The quantitative estimate of drug-likeness (QED) is 0.117. The molecule has 1 amide bonds. The van der Waals surface area contributed by atoms with Crippen LogP contribution in [-0.2, 0) is 9.53 Å². The van der Waals surface area contributed by atoms with Gasteiger partial charge in [0.1, 0.15) is 16.7 Å². The first-order valence-electron chi connectivity index (χ1n) is 14.6. The molecule has 3 aromatic carbocycles. The third-order valence-corrected chi connectivity index (χ3v) is 9.58. The van der Waals surface area contributed by atoms with Crippen molar-refractivity contribution in [1.82, 2.24) is 9.80 Å². The van der Waals surface area contributed by atoms with Crippen molar-refractivity contribution in [2.75, 3.05) is 59.7 Å². The first-order chi connectivity index (χ1) is 22.2. The summed E-state index contributed by atoms with van der Waals surface area (Å²) in [5.41, 5.74) is 2.38. The van der Waals surface area contributed by atoms with Gasteiger partial charge in [-0.15, -0.1) is 0 Å². The van der Waals surface area contributed by atoms with Gasteiger partial charge in [-0.05, 0) is 54.5 Å². The van der Waals surface area contributed by atoms with E-state index in [9.17, 15) is 14.7 Å². The molecule has 0 unspecified atom stereocenters. The molecule has 9 nitrogen and oxygen atoms in total. The van der Waals surface area contributed by atoms with E-state index in [0.29, 0.717) is 56.1 Å². The van der Waals surface area contributed by atoms with E-state index >= 15 is 0 Å². The fourth-order valence-electron chi connectivity index (χ4n) is 4.96. The second-order valence-electron chi connectivity index (χ2n) is 10.4. The predicted octanol–water partition coefficient (Wildman–Crippen LogP) is 6.75. The maximum Gasteiger partial charge on any atom is 0.335 e. The maximum atomic E-state index is 13.4. The molecule has 242 valence electrons. The standard InChI is InChI=1S/C33H32Cl2N2O7S2/c1-41-28-20-22(32(39)40)7-9-27(28)43-14-3-10-37-31(38)29(46-33(37)45)19-21-6-8-26(44-17-13-36-11-15-42-16-12-36)24(18-21)23-4-2-5-25(34)30(23)35/h2,4-9,18-20H,3,10-17H2,1H3,(H,39,40)/b29-19-. The molecule has 1 N–H and O–H groups in total. The number of carbonyl (C=O) groups excluding carboxylic acids is 1. The van der Waals surface area contributed by atoms with E-state index in [1.807, 2.05) is 36.4 Å². The summed E-state index contributed by atoms with van der Waals surface area (Å²) in [6, 6.07) is 15.6. The summed E-state index contributed by atoms with van der Waals surface area (Å²) in [5.74, 6) is 0.158. The van der Waals surface area contributed by atoms with Gasteiger partial charge in [-0.25, -0.2) is 4.79 Å². The van der Waals surface area contributed by atoms with Crippen LogP contribution in [0.1, 0.15) is 22.3 Å². The molecule has 0 aliphatic carbocycles. The zero-order valence-corrected chi connectivity index (χ0v) is 28.1. The van der Waals surface area contributed by atoms with Crippen molar-refractivity contribution >= 4 is 69.5 Å². The molecule has 3 aromatic rings. The molecular formula is C33H32Cl2N2O7S2. The number of thiocarbonyl (C=S) groups is 1. The van der Waals surface area contributed by atoms with Gasteiger partial charge >= 0.3 is 5.97 Å². The van der Waals surface area contributed by atoms with E-state index in [4.69, 9.17) is 54.4 Å². The summed E-state index contributed by atoms with van der Waals surface area (Å²) in [4.78, 5) is 28.9. The second-order valence-corrected chi connectivity index (χ2v) is 12.8. The molecule has 2 saturated heterocycles. The van der Waals surface area contributed by atoms with Gasteiger partial charge in [-0.3, -0.25) is 14.6 Å². The van der Waals surface area contributed by atoms with Gasteiger partial charge in [0.15, 0.2) is 11.5 Å². The van der Waals surface area contributed by atoms with Gasteiger partial charge in [-0.1, -0.05) is 65.4 Å². The van der Waals surface area contributed by atoms with Gasteiger partial charge in [0.05, 0.1) is 47.4 Å². The van der Waals surface area contributed by atoms with Crippen molar-refractivity contribution in [3.8, 4) is 28.4 Å². The first kappa shape index (κ1) is 34.0. The van der Waals surface area contributed by atoms with Crippen LogP contribution in [0.15, 0.2) is 59.5 Å². The van der Waals surface area contributed by atoms with Crippen molar-refractivity contribution in [1.29, 1.82) is 0 Å². The number of aromatic carboxylic acids is 1. The molecule has 0 atom stereocenters. The van der Waals surface area contributed by atoms with E-state index in [1.165, 1.54) is 31.0 Å². The third-order valence-electron chi connectivity index (χ3n) is 7.38. The maximum absolute atomic E-state index is 13.4. The minimum Gasteiger partial charge on any atom is -0.493 e. The molecule has 46 heavy (non-hydrogen) atoms. The van der Waals surface area contributed by atoms with Crippen LogP contribution in [0, 0.1) is 0 Å². The van der Waals surface area contributed by atoms with Crippen molar-refractivity contribution in [3.05, 3.63) is 80.7 Å². The number of carbonyl (C=O) groups is 2. The molecule has 2 fully saturated rings. The van der Waals surface area contributed by atoms with Crippen LogP contribution in [0.2, 0.25) is 10.0 Å². The first-order valence-corrected chi connectivity index (χ1v) is 16.5. The van der Waals surface area contributed by atoms with E-state index < -0.39 is 5.97 Å². The highest BCUT2D eigenvalue weighted by Crippen LogP contribution is 2.40. The lowest BCUT2D eigenvalue weighted by Gasteiger charge is -2.26. The zero-order valence-electron chi connectivity index (χ0n) is 25.0. The lowest BCUT2D eigenvalue weighted by molar-refractivity contribution is -0.122. The van der Waals surface area contributed by atoms with Crippen molar-refractivity contribution in [2.24, 2.45) is 0 Å². The molecule has 0 saturated carbocycles. The molecule has 5 rings (SSSR count). The fraction of sp³-hybridized carbons (Fsp3) is 0.303. The van der Waals surface area contributed by atoms with Crippen LogP contribution < -0.4 is 14.2 Å². The average molecular weight is 704 g/mol. The van der Waals surface area contributed by atoms with Crippen LogP contribution in [0.3, 0.4) is 0 Å². The fourth-order valence-corrected chi connectivity index (χ4v) is 6.67. The molecule has 13 heteroatoms. The third kappa shape index (κ3) is 8.33. The molecule has 0 bridgehead atoms.